The van der Waals surface area contributed by atoms with Gasteiger partial charge in [0.2, 0.25) is 0 Å². The van der Waals surface area contributed by atoms with Crippen LogP contribution >= 0.6 is 0 Å². The van der Waals surface area contributed by atoms with Gasteiger partial charge in [-0.2, -0.15) is 0 Å². The predicted molar refractivity (Wildman–Crippen MR) is 95.2 cm³/mol. The number of hydrogen-bond donors (Lipinski definition) is 1. The number of aromatic nitrogens is 1. The van der Waals surface area contributed by atoms with Gasteiger partial charge in [-0.3, -0.25) is 4.90 Å². The smallest absolute Gasteiger partial charge is 0.192 e. The molecule has 124 valence electrons. The maximum absolute atomic E-state index is 6.59. The van der Waals surface area contributed by atoms with Gasteiger partial charge in [0.25, 0.3) is 0 Å². The minimum Gasteiger partial charge on any atom is -0.413 e. The molecule has 0 radical (unpaired) electrons. The first-order valence-electron chi connectivity index (χ1n) is 8.28. The monoisotopic (exact) mass is 321 g/mol. The van der Waals surface area contributed by atoms with Crippen molar-refractivity contribution >= 4 is 14.1 Å². The van der Waals surface area contributed by atoms with Crippen LogP contribution in [0.25, 0.3) is 0 Å². The summed E-state index contributed by atoms with van der Waals surface area (Å²) in [6, 6.07) is 3.95. The molecule has 1 aromatic rings. The highest BCUT2D eigenvalue weighted by Crippen LogP contribution is 2.38. The fraction of sp³-hybridized carbons (Fsp3) is 0.706. The van der Waals surface area contributed by atoms with Crippen molar-refractivity contribution in [1.29, 1.82) is 0 Å². The van der Waals surface area contributed by atoms with Gasteiger partial charge in [-0.25, -0.2) is 4.98 Å². The number of piperidine rings is 1. The van der Waals surface area contributed by atoms with E-state index in [0.29, 0.717) is 11.9 Å². The molecule has 0 amide bonds. The topological polar surface area (TPSA) is 51.4 Å². The molecule has 2 N–H and O–H groups in total. The SMILES string of the molecule is CC(C)(C)[Si](C)(C)OC1CCCN(Cc2ccc(N)nc2)C1. The van der Waals surface area contributed by atoms with Gasteiger partial charge in [0.15, 0.2) is 8.32 Å². The van der Waals surface area contributed by atoms with Crippen LogP contribution in [0.15, 0.2) is 18.3 Å². The third-order valence-electron chi connectivity index (χ3n) is 4.98. The molecular weight excluding hydrogens is 290 g/mol. The zero-order chi connectivity index (χ0) is 16.4. The van der Waals surface area contributed by atoms with E-state index in [-0.39, 0.29) is 5.04 Å². The number of nitrogens with zero attached hydrogens (tertiary/aromatic N) is 2. The number of pyridine rings is 1. The normalized spacial score (nSPS) is 21.0. The Kier molecular flexibility index (Phi) is 5.30. The molecule has 1 saturated heterocycles. The predicted octanol–water partition coefficient (Wildman–Crippen LogP) is 3.65. The summed E-state index contributed by atoms with van der Waals surface area (Å²) in [4.78, 5) is 6.66. The van der Waals surface area contributed by atoms with Crippen LogP contribution in [0.5, 0.6) is 0 Å². The van der Waals surface area contributed by atoms with Crippen LogP contribution in [-0.4, -0.2) is 37.4 Å². The first kappa shape index (κ1) is 17.4. The van der Waals surface area contributed by atoms with E-state index in [2.05, 4.69) is 49.8 Å². The Hall–Kier alpha value is -0.913. The Morgan fingerprint density at radius 1 is 1.36 bits per heavy atom. The number of anilines is 1. The van der Waals surface area contributed by atoms with Gasteiger partial charge < -0.3 is 10.2 Å². The summed E-state index contributed by atoms with van der Waals surface area (Å²) in [6.07, 6.45) is 4.65. The summed E-state index contributed by atoms with van der Waals surface area (Å²) in [6.45, 7) is 14.7. The Labute approximate surface area is 136 Å². The largest absolute Gasteiger partial charge is 0.413 e. The van der Waals surface area contributed by atoms with Gasteiger partial charge >= 0.3 is 0 Å². The summed E-state index contributed by atoms with van der Waals surface area (Å²) in [5, 5.41) is 0.274. The second-order valence-corrected chi connectivity index (χ2v) is 12.7. The average Bonchev–Trinajstić information content (AvgIpc) is 2.40. The molecule has 1 aliphatic heterocycles. The lowest BCUT2D eigenvalue weighted by Crippen LogP contribution is -2.48. The molecular formula is C17H31N3OSi. The number of nitrogens with two attached hydrogens (primary N) is 1. The molecule has 2 heterocycles. The number of rotatable bonds is 4. The molecule has 4 nitrogen and oxygen atoms in total. The quantitative estimate of drug-likeness (QED) is 0.860. The van der Waals surface area contributed by atoms with Gasteiger partial charge in [0.1, 0.15) is 5.82 Å². The molecule has 22 heavy (non-hydrogen) atoms. The number of nitrogen functional groups attached to an aromatic ring is 1. The highest BCUT2D eigenvalue weighted by atomic mass is 28.4. The molecule has 1 unspecified atom stereocenters. The Balaban J connectivity index is 1.93. The molecule has 1 atom stereocenters. The van der Waals surface area contributed by atoms with Crippen LogP contribution in [0.2, 0.25) is 18.1 Å². The van der Waals surface area contributed by atoms with Crippen molar-refractivity contribution in [3.8, 4) is 0 Å². The van der Waals surface area contributed by atoms with Crippen molar-refractivity contribution in [3.05, 3.63) is 23.9 Å². The number of likely N-dealkylation sites (tertiary alicyclic amines) is 1. The summed E-state index contributed by atoms with van der Waals surface area (Å²) in [5.41, 5.74) is 6.88. The molecule has 0 saturated carbocycles. The van der Waals surface area contributed by atoms with Gasteiger partial charge in [0, 0.05) is 19.3 Å². The third-order valence-corrected chi connectivity index (χ3v) is 9.52. The minimum absolute atomic E-state index is 0.274. The molecule has 1 aliphatic rings. The van der Waals surface area contributed by atoms with Gasteiger partial charge in [-0.15, -0.1) is 0 Å². The highest BCUT2D eigenvalue weighted by molar-refractivity contribution is 6.74. The van der Waals surface area contributed by atoms with Crippen molar-refractivity contribution < 1.29 is 4.43 Å². The third kappa shape index (κ3) is 4.54. The van der Waals surface area contributed by atoms with E-state index in [1.807, 2.05) is 12.3 Å². The van der Waals surface area contributed by atoms with Gasteiger partial charge in [0.05, 0.1) is 6.10 Å². The Morgan fingerprint density at radius 2 is 2.09 bits per heavy atom. The van der Waals surface area contributed by atoms with E-state index >= 15 is 0 Å². The average molecular weight is 322 g/mol. The molecule has 5 heteroatoms. The van der Waals surface area contributed by atoms with E-state index in [0.717, 1.165) is 19.6 Å². The van der Waals surface area contributed by atoms with Crippen LogP contribution in [0.4, 0.5) is 5.82 Å². The number of hydrogen-bond acceptors (Lipinski definition) is 4. The molecule has 1 aromatic heterocycles. The van der Waals surface area contributed by atoms with Crippen molar-refractivity contribution in [3.63, 3.8) is 0 Å². The molecule has 0 bridgehead atoms. The minimum atomic E-state index is -1.68. The van der Waals surface area contributed by atoms with Crippen LogP contribution in [-0.2, 0) is 11.0 Å². The summed E-state index contributed by atoms with van der Waals surface area (Å²) in [5.74, 6) is 0.585. The van der Waals surface area contributed by atoms with Crippen LogP contribution in [0.1, 0.15) is 39.2 Å². The molecule has 0 spiro atoms. The van der Waals surface area contributed by atoms with Crippen molar-refractivity contribution in [2.45, 2.75) is 64.4 Å². The van der Waals surface area contributed by atoms with E-state index < -0.39 is 8.32 Å². The fourth-order valence-corrected chi connectivity index (χ4v) is 4.01. The molecule has 0 aliphatic carbocycles. The van der Waals surface area contributed by atoms with Crippen LogP contribution < -0.4 is 5.73 Å². The van der Waals surface area contributed by atoms with E-state index in [1.54, 1.807) is 0 Å². The second-order valence-electron chi connectivity index (χ2n) is 7.97. The van der Waals surface area contributed by atoms with Crippen molar-refractivity contribution in [1.82, 2.24) is 9.88 Å². The van der Waals surface area contributed by atoms with E-state index in [9.17, 15) is 0 Å². The lowest BCUT2D eigenvalue weighted by atomic mass is 10.1. The van der Waals surface area contributed by atoms with E-state index in [4.69, 9.17) is 10.2 Å². The first-order valence-corrected chi connectivity index (χ1v) is 11.2. The van der Waals surface area contributed by atoms with Crippen molar-refractivity contribution in [2.75, 3.05) is 18.8 Å². The summed E-state index contributed by atoms with van der Waals surface area (Å²) in [7, 11) is -1.68. The standard InChI is InChI=1S/C17H31N3OSi/c1-17(2,3)22(4,5)21-15-7-6-10-20(13-15)12-14-8-9-16(18)19-11-14/h8-9,11,15H,6-7,10,12-13H2,1-5H3,(H2,18,19). The van der Waals surface area contributed by atoms with Crippen molar-refractivity contribution in [2.24, 2.45) is 0 Å². The summed E-state index contributed by atoms with van der Waals surface area (Å²) < 4.78 is 6.59. The van der Waals surface area contributed by atoms with Gasteiger partial charge in [-0.05, 0) is 49.1 Å². The highest BCUT2D eigenvalue weighted by Gasteiger charge is 2.39. The summed E-state index contributed by atoms with van der Waals surface area (Å²) >= 11 is 0. The fourth-order valence-electron chi connectivity index (χ4n) is 2.63. The van der Waals surface area contributed by atoms with Crippen LogP contribution in [0.3, 0.4) is 0 Å². The first-order chi connectivity index (χ1) is 10.2. The maximum atomic E-state index is 6.59. The molecule has 0 aromatic carbocycles. The maximum Gasteiger partial charge on any atom is 0.192 e. The Bertz CT molecular complexity index is 482. The molecule has 2 rings (SSSR count). The van der Waals surface area contributed by atoms with Crippen LogP contribution in [0, 0.1) is 0 Å². The zero-order valence-corrected chi connectivity index (χ0v) is 15.7. The molecule has 1 fully saturated rings. The lowest BCUT2D eigenvalue weighted by Gasteiger charge is -2.42. The van der Waals surface area contributed by atoms with Gasteiger partial charge in [-0.1, -0.05) is 26.8 Å². The Morgan fingerprint density at radius 3 is 2.68 bits per heavy atom. The second kappa shape index (κ2) is 6.68. The lowest BCUT2D eigenvalue weighted by molar-refractivity contribution is 0.0740. The zero-order valence-electron chi connectivity index (χ0n) is 14.7. The van der Waals surface area contributed by atoms with E-state index in [1.165, 1.54) is 18.4 Å².